The van der Waals surface area contributed by atoms with Gasteiger partial charge >= 0.3 is 7.82 Å². The summed E-state index contributed by atoms with van der Waals surface area (Å²) in [4.78, 5) is 9.98. The third-order valence-electron chi connectivity index (χ3n) is 2.92. The first-order valence-corrected chi connectivity index (χ1v) is 9.65. The van der Waals surface area contributed by atoms with Crippen molar-refractivity contribution in [1.29, 1.82) is 0 Å². The lowest BCUT2D eigenvalue weighted by molar-refractivity contribution is 0.289. The molecule has 0 saturated heterocycles. The Morgan fingerprint density at radius 1 is 1.09 bits per heavy atom. The first-order chi connectivity index (χ1) is 10.3. The molecule has 2 aromatic carbocycles. The van der Waals surface area contributed by atoms with Gasteiger partial charge in [-0.05, 0) is 59.1 Å². The van der Waals surface area contributed by atoms with Crippen molar-refractivity contribution in [1.82, 2.24) is 0 Å². The van der Waals surface area contributed by atoms with E-state index in [-0.39, 0.29) is 5.75 Å². The van der Waals surface area contributed by atoms with Crippen molar-refractivity contribution in [2.75, 3.05) is 0 Å². The molecule has 0 saturated carbocycles. The molecule has 0 spiro atoms. The Labute approximate surface area is 146 Å². The summed E-state index contributed by atoms with van der Waals surface area (Å²) in [6.07, 6.45) is 0.693. The maximum Gasteiger partial charge on any atom is 0.584 e. The Balaban J connectivity index is 2.22. The molecule has 2 rings (SSSR count). The highest BCUT2D eigenvalue weighted by Crippen LogP contribution is 2.47. The molecule has 1 unspecified atom stereocenters. The predicted octanol–water partition coefficient (Wildman–Crippen LogP) is 5.64. The highest BCUT2D eigenvalue weighted by Gasteiger charge is 2.27. The molecular weight excluding hydrogens is 435 g/mol. The van der Waals surface area contributed by atoms with Gasteiger partial charge in [0.2, 0.25) is 0 Å². The zero-order chi connectivity index (χ0) is 16.3. The smallest absolute Gasteiger partial charge is 0.395 e. The largest absolute Gasteiger partial charge is 0.584 e. The number of phosphoric acid groups is 1. The summed E-state index contributed by atoms with van der Waals surface area (Å²) in [6, 6.07) is 10.4. The van der Waals surface area contributed by atoms with Crippen molar-refractivity contribution in [2.45, 2.75) is 20.3 Å². The van der Waals surface area contributed by atoms with E-state index in [1.807, 2.05) is 26.0 Å². The maximum absolute atomic E-state index is 12.2. The van der Waals surface area contributed by atoms with Gasteiger partial charge in [-0.3, -0.25) is 4.89 Å². The average Bonchev–Trinajstić information content (AvgIpc) is 2.43. The van der Waals surface area contributed by atoms with Crippen LogP contribution in [0.25, 0.3) is 0 Å². The van der Waals surface area contributed by atoms with Crippen LogP contribution >= 0.6 is 39.7 Å². The second-order valence-electron chi connectivity index (χ2n) is 4.69. The number of aryl methyl sites for hydroxylation is 2. The highest BCUT2D eigenvalue weighted by molar-refractivity contribution is 9.11. The first-order valence-electron chi connectivity index (χ1n) is 6.57. The molecule has 0 aliphatic rings. The molecule has 1 atom stereocenters. The summed E-state index contributed by atoms with van der Waals surface area (Å²) in [5, 5.41) is 0. The van der Waals surface area contributed by atoms with Gasteiger partial charge in [0.15, 0.2) is 0 Å². The van der Waals surface area contributed by atoms with Crippen LogP contribution in [0.3, 0.4) is 0 Å². The number of halogens is 2. The van der Waals surface area contributed by atoms with Crippen LogP contribution in [0.15, 0.2) is 45.3 Å². The van der Waals surface area contributed by atoms with Gasteiger partial charge in [-0.1, -0.05) is 40.5 Å². The molecule has 0 fully saturated rings. The molecule has 0 aliphatic carbocycles. The second kappa shape index (κ2) is 7.18. The third kappa shape index (κ3) is 4.59. The number of benzene rings is 2. The Morgan fingerprint density at radius 2 is 1.73 bits per heavy atom. The van der Waals surface area contributed by atoms with Crippen LogP contribution in [-0.4, -0.2) is 4.89 Å². The minimum absolute atomic E-state index is 0.235. The Bertz CT molecular complexity index is 733. The zero-order valence-corrected chi connectivity index (χ0v) is 16.1. The summed E-state index contributed by atoms with van der Waals surface area (Å²) < 4.78 is 24.0. The van der Waals surface area contributed by atoms with E-state index in [2.05, 4.69) is 31.9 Å². The van der Waals surface area contributed by atoms with Gasteiger partial charge in [-0.15, -0.1) is 0 Å². The van der Waals surface area contributed by atoms with Crippen molar-refractivity contribution in [3.05, 3.63) is 56.5 Å². The fourth-order valence-electron chi connectivity index (χ4n) is 1.89. The van der Waals surface area contributed by atoms with E-state index in [1.165, 1.54) is 0 Å². The monoisotopic (exact) mass is 448 g/mol. The highest BCUT2D eigenvalue weighted by atomic mass is 79.9. The average molecular weight is 450 g/mol. The number of rotatable bonds is 5. The lowest BCUT2D eigenvalue weighted by atomic mass is 10.1. The van der Waals surface area contributed by atoms with E-state index in [4.69, 9.17) is 9.05 Å². The van der Waals surface area contributed by atoms with E-state index in [1.54, 1.807) is 24.3 Å². The van der Waals surface area contributed by atoms with Gasteiger partial charge in [0.05, 0.1) is 4.47 Å². The minimum Gasteiger partial charge on any atom is -0.395 e. The molecule has 0 aliphatic heterocycles. The first kappa shape index (κ1) is 17.5. The summed E-state index contributed by atoms with van der Waals surface area (Å²) in [7, 11) is -4.28. The molecule has 0 heterocycles. The SMILES string of the molecule is CCc1cc(C)ccc1OP(=O)(O)Oc1ccc(Br)cc1Br. The standard InChI is InChI=1S/C15H15Br2O4P/c1-3-11-8-10(2)4-6-14(11)20-22(18,19)21-15-7-5-12(16)9-13(15)17/h4-9H,3H2,1-2H3,(H,18,19). The van der Waals surface area contributed by atoms with Crippen LogP contribution in [0.4, 0.5) is 0 Å². The number of hydrogen-bond donors (Lipinski definition) is 1. The predicted molar refractivity (Wildman–Crippen MR) is 93.5 cm³/mol. The van der Waals surface area contributed by atoms with Gasteiger partial charge in [-0.25, -0.2) is 4.57 Å². The molecule has 1 N–H and O–H groups in total. The van der Waals surface area contributed by atoms with Gasteiger partial charge in [0.1, 0.15) is 11.5 Å². The van der Waals surface area contributed by atoms with E-state index in [0.717, 1.165) is 15.6 Å². The maximum atomic E-state index is 12.2. The third-order valence-corrected chi connectivity index (χ3v) is 4.89. The van der Waals surface area contributed by atoms with E-state index in [0.29, 0.717) is 16.6 Å². The van der Waals surface area contributed by atoms with Crippen LogP contribution in [-0.2, 0) is 11.0 Å². The summed E-state index contributed by atoms with van der Waals surface area (Å²) in [5.74, 6) is 0.589. The van der Waals surface area contributed by atoms with Crippen LogP contribution in [0.2, 0.25) is 0 Å². The quantitative estimate of drug-likeness (QED) is 0.600. The normalized spacial score (nSPS) is 13.5. The van der Waals surface area contributed by atoms with Crippen molar-refractivity contribution < 1.29 is 18.5 Å². The van der Waals surface area contributed by atoms with Crippen LogP contribution < -0.4 is 9.05 Å². The topological polar surface area (TPSA) is 55.8 Å². The van der Waals surface area contributed by atoms with Gasteiger partial charge in [-0.2, -0.15) is 0 Å². The molecule has 0 bridgehead atoms. The van der Waals surface area contributed by atoms with Gasteiger partial charge < -0.3 is 9.05 Å². The molecule has 0 radical (unpaired) electrons. The number of phosphoric ester groups is 1. The fourth-order valence-corrected chi connectivity index (χ4v) is 4.01. The van der Waals surface area contributed by atoms with E-state index < -0.39 is 7.82 Å². The lowest BCUT2D eigenvalue weighted by Crippen LogP contribution is -2.02. The van der Waals surface area contributed by atoms with Crippen molar-refractivity contribution in [3.8, 4) is 11.5 Å². The molecule has 0 amide bonds. The summed E-state index contributed by atoms with van der Waals surface area (Å²) in [5.41, 5.74) is 1.92. The van der Waals surface area contributed by atoms with Crippen molar-refractivity contribution in [3.63, 3.8) is 0 Å². The van der Waals surface area contributed by atoms with Crippen LogP contribution in [0, 0.1) is 6.92 Å². The lowest BCUT2D eigenvalue weighted by Gasteiger charge is -2.17. The van der Waals surface area contributed by atoms with Crippen molar-refractivity contribution in [2.24, 2.45) is 0 Å². The molecule has 118 valence electrons. The minimum atomic E-state index is -4.28. The molecule has 2 aromatic rings. The molecule has 7 heteroatoms. The summed E-state index contributed by atoms with van der Waals surface area (Å²) >= 11 is 6.59. The van der Waals surface area contributed by atoms with Crippen LogP contribution in [0.5, 0.6) is 11.5 Å². The second-order valence-corrected chi connectivity index (χ2v) is 7.76. The Morgan fingerprint density at radius 3 is 2.36 bits per heavy atom. The van der Waals surface area contributed by atoms with Crippen molar-refractivity contribution >= 4 is 39.7 Å². The zero-order valence-electron chi connectivity index (χ0n) is 12.0. The van der Waals surface area contributed by atoms with E-state index >= 15 is 0 Å². The van der Waals surface area contributed by atoms with Gasteiger partial charge in [0.25, 0.3) is 0 Å². The van der Waals surface area contributed by atoms with E-state index in [9.17, 15) is 9.46 Å². The molecule has 4 nitrogen and oxygen atoms in total. The Kier molecular flexibility index (Phi) is 5.72. The number of hydrogen-bond acceptors (Lipinski definition) is 3. The summed E-state index contributed by atoms with van der Waals surface area (Å²) in [6.45, 7) is 3.91. The van der Waals surface area contributed by atoms with Gasteiger partial charge in [0, 0.05) is 4.47 Å². The molecular formula is C15H15Br2O4P. The van der Waals surface area contributed by atoms with Crippen LogP contribution in [0.1, 0.15) is 18.1 Å². The fraction of sp³-hybridized carbons (Fsp3) is 0.200. The Hall–Kier alpha value is -0.810. The molecule has 0 aromatic heterocycles. The molecule has 22 heavy (non-hydrogen) atoms.